The van der Waals surface area contributed by atoms with Gasteiger partial charge in [-0.25, -0.2) is 0 Å². The highest BCUT2D eigenvalue weighted by molar-refractivity contribution is 5.76. The fourth-order valence-electron chi connectivity index (χ4n) is 9.84. The van der Waals surface area contributed by atoms with Gasteiger partial charge in [0.05, 0.1) is 25.4 Å². The van der Waals surface area contributed by atoms with E-state index in [0.717, 1.165) is 51.4 Å². The van der Waals surface area contributed by atoms with E-state index in [2.05, 4.69) is 55.6 Å². The Kier molecular flexibility index (Phi) is 60.5. The maximum absolute atomic E-state index is 12.5. The molecule has 0 bridgehead atoms. The van der Waals surface area contributed by atoms with Crippen LogP contribution >= 0.6 is 0 Å². The standard InChI is InChI=1S/C67H125NO5/c1-3-5-7-9-11-13-15-17-32-37-41-45-49-53-57-61-67(72)73-62-58-54-50-46-42-38-34-31-29-27-25-23-21-19-18-20-22-24-26-28-30-33-36-40-44-48-52-56-60-66(71)68-64(63-69)65(70)59-55-51-47-43-39-35-16-14-12-10-8-6-4-2/h8,10-11,13,17,32,55,59,64-65,69-70H,3-7,9,12,14-16,18-31,33-54,56-58,60-63H2,1-2H3,(H,68,71)/b10-8-,13-11-,32-17-,59-55+/t64-,65+/m0/s1. The highest BCUT2D eigenvalue weighted by Gasteiger charge is 2.18. The fraction of sp³-hybridized carbons (Fsp3) is 0.851. The Hall–Kier alpha value is -2.18. The van der Waals surface area contributed by atoms with Gasteiger partial charge in [0.1, 0.15) is 0 Å². The van der Waals surface area contributed by atoms with E-state index in [0.29, 0.717) is 19.4 Å². The van der Waals surface area contributed by atoms with Gasteiger partial charge in [-0.3, -0.25) is 9.59 Å². The third-order valence-corrected chi connectivity index (χ3v) is 14.8. The molecule has 6 heteroatoms. The van der Waals surface area contributed by atoms with Gasteiger partial charge in [0.25, 0.3) is 0 Å². The largest absolute Gasteiger partial charge is 0.466 e. The topological polar surface area (TPSA) is 95.9 Å². The van der Waals surface area contributed by atoms with E-state index in [1.165, 1.54) is 263 Å². The molecule has 0 heterocycles. The van der Waals surface area contributed by atoms with Gasteiger partial charge in [0, 0.05) is 12.8 Å². The van der Waals surface area contributed by atoms with Gasteiger partial charge in [-0.2, -0.15) is 0 Å². The van der Waals surface area contributed by atoms with Gasteiger partial charge in [-0.05, 0) is 83.5 Å². The molecular weight excluding hydrogens is 899 g/mol. The van der Waals surface area contributed by atoms with Crippen LogP contribution in [0.4, 0.5) is 0 Å². The molecule has 0 unspecified atom stereocenters. The second-order valence-electron chi connectivity index (χ2n) is 22.1. The fourth-order valence-corrected chi connectivity index (χ4v) is 9.84. The lowest BCUT2D eigenvalue weighted by Gasteiger charge is -2.20. The van der Waals surface area contributed by atoms with Crippen LogP contribution in [0.3, 0.4) is 0 Å². The van der Waals surface area contributed by atoms with E-state index in [4.69, 9.17) is 4.74 Å². The maximum Gasteiger partial charge on any atom is 0.305 e. The minimum Gasteiger partial charge on any atom is -0.466 e. The number of esters is 1. The first-order valence-corrected chi connectivity index (χ1v) is 32.4. The lowest BCUT2D eigenvalue weighted by Crippen LogP contribution is -2.45. The predicted molar refractivity (Wildman–Crippen MR) is 319 cm³/mol. The molecule has 0 fully saturated rings. The summed E-state index contributed by atoms with van der Waals surface area (Å²) in [5, 5.41) is 23.1. The Bertz CT molecular complexity index is 1230. The number of hydrogen-bond acceptors (Lipinski definition) is 5. The summed E-state index contributed by atoms with van der Waals surface area (Å²) < 4.78 is 5.48. The van der Waals surface area contributed by atoms with Crippen LogP contribution in [-0.2, 0) is 14.3 Å². The van der Waals surface area contributed by atoms with E-state index in [9.17, 15) is 19.8 Å². The van der Waals surface area contributed by atoms with Crippen LogP contribution in [0.2, 0.25) is 0 Å². The Morgan fingerprint density at radius 1 is 0.384 bits per heavy atom. The predicted octanol–water partition coefficient (Wildman–Crippen LogP) is 20.5. The lowest BCUT2D eigenvalue weighted by atomic mass is 10.0. The minimum absolute atomic E-state index is 0.00401. The Labute approximate surface area is 455 Å². The van der Waals surface area contributed by atoms with Crippen LogP contribution in [0.15, 0.2) is 48.6 Å². The van der Waals surface area contributed by atoms with Crippen molar-refractivity contribution in [3.8, 4) is 0 Å². The molecule has 0 saturated carbocycles. The van der Waals surface area contributed by atoms with Crippen molar-refractivity contribution in [1.82, 2.24) is 5.32 Å². The molecule has 0 aromatic rings. The average molecular weight is 1020 g/mol. The normalized spacial score (nSPS) is 12.9. The molecule has 3 N–H and O–H groups in total. The quantitative estimate of drug-likeness (QED) is 0.0320. The number of amides is 1. The number of aliphatic hydroxyl groups is 2. The highest BCUT2D eigenvalue weighted by Crippen LogP contribution is 2.18. The molecular formula is C67H125NO5. The average Bonchev–Trinajstić information content (AvgIpc) is 3.39. The first kappa shape index (κ1) is 70.8. The number of hydrogen-bond donors (Lipinski definition) is 3. The van der Waals surface area contributed by atoms with E-state index >= 15 is 0 Å². The van der Waals surface area contributed by atoms with Crippen molar-refractivity contribution < 1.29 is 24.5 Å². The molecule has 0 aromatic heterocycles. The number of ether oxygens (including phenoxy) is 1. The van der Waals surface area contributed by atoms with Crippen molar-refractivity contribution in [2.75, 3.05) is 13.2 Å². The molecule has 0 saturated heterocycles. The Morgan fingerprint density at radius 3 is 1.11 bits per heavy atom. The molecule has 1 amide bonds. The summed E-state index contributed by atoms with van der Waals surface area (Å²) in [5.41, 5.74) is 0. The Balaban J connectivity index is 3.36. The summed E-state index contributed by atoms with van der Waals surface area (Å²) in [5.74, 6) is -0.0643. The van der Waals surface area contributed by atoms with Crippen LogP contribution in [0.25, 0.3) is 0 Å². The molecule has 0 spiro atoms. The third kappa shape index (κ3) is 58.9. The van der Waals surface area contributed by atoms with Crippen LogP contribution in [-0.4, -0.2) is 47.4 Å². The van der Waals surface area contributed by atoms with Crippen molar-refractivity contribution in [3.05, 3.63) is 48.6 Å². The molecule has 2 atom stereocenters. The number of allylic oxidation sites excluding steroid dienone is 7. The highest BCUT2D eigenvalue weighted by atomic mass is 16.5. The van der Waals surface area contributed by atoms with Crippen molar-refractivity contribution in [2.45, 2.75) is 353 Å². The van der Waals surface area contributed by atoms with Crippen LogP contribution in [0.5, 0.6) is 0 Å². The zero-order valence-electron chi connectivity index (χ0n) is 48.9. The molecule has 428 valence electrons. The number of nitrogens with one attached hydrogen (secondary N) is 1. The smallest absolute Gasteiger partial charge is 0.305 e. The van der Waals surface area contributed by atoms with E-state index in [1.54, 1.807) is 6.08 Å². The molecule has 0 radical (unpaired) electrons. The lowest BCUT2D eigenvalue weighted by molar-refractivity contribution is -0.143. The zero-order chi connectivity index (χ0) is 52.9. The second kappa shape index (κ2) is 62.4. The Morgan fingerprint density at radius 2 is 0.712 bits per heavy atom. The summed E-state index contributed by atoms with van der Waals surface area (Å²) in [4.78, 5) is 24.5. The van der Waals surface area contributed by atoms with E-state index in [1.807, 2.05) is 6.08 Å². The van der Waals surface area contributed by atoms with Crippen LogP contribution in [0.1, 0.15) is 341 Å². The van der Waals surface area contributed by atoms with E-state index in [-0.39, 0.29) is 18.5 Å². The van der Waals surface area contributed by atoms with Gasteiger partial charge in [-0.15, -0.1) is 0 Å². The first-order valence-electron chi connectivity index (χ1n) is 32.4. The van der Waals surface area contributed by atoms with Crippen molar-refractivity contribution in [3.63, 3.8) is 0 Å². The molecule has 0 aliphatic heterocycles. The first-order chi connectivity index (χ1) is 36.0. The van der Waals surface area contributed by atoms with E-state index < -0.39 is 12.1 Å². The summed E-state index contributed by atoms with van der Waals surface area (Å²) in [6.45, 7) is 4.83. The summed E-state index contributed by atoms with van der Waals surface area (Å²) in [6.07, 6.45) is 80.3. The molecule has 6 nitrogen and oxygen atoms in total. The number of carbonyl (C=O) groups is 2. The minimum atomic E-state index is -0.848. The van der Waals surface area contributed by atoms with Gasteiger partial charge in [0.15, 0.2) is 0 Å². The molecule has 73 heavy (non-hydrogen) atoms. The summed E-state index contributed by atoms with van der Waals surface area (Å²) >= 11 is 0. The SMILES string of the molecule is CCC/C=C\CCCCCCCC/C=C/[C@@H](O)[C@H](CO)NC(=O)CCCCCCCCCCCCCCCCCCCCCCCCCCCCCCOC(=O)CCCCCCC/C=C\C/C=C\CCCCC. The van der Waals surface area contributed by atoms with Crippen molar-refractivity contribution in [2.24, 2.45) is 0 Å². The number of aliphatic hydroxyl groups excluding tert-OH is 2. The van der Waals surface area contributed by atoms with Crippen molar-refractivity contribution in [1.29, 1.82) is 0 Å². The summed E-state index contributed by atoms with van der Waals surface area (Å²) in [6, 6.07) is -0.630. The molecule has 0 aromatic carbocycles. The zero-order valence-corrected chi connectivity index (χ0v) is 48.9. The van der Waals surface area contributed by atoms with Gasteiger partial charge in [-0.1, -0.05) is 294 Å². The number of rotatable bonds is 60. The number of unbranched alkanes of at least 4 members (excludes halogenated alkanes) is 43. The van der Waals surface area contributed by atoms with Gasteiger partial charge in [0.2, 0.25) is 5.91 Å². The third-order valence-electron chi connectivity index (χ3n) is 14.8. The van der Waals surface area contributed by atoms with Crippen molar-refractivity contribution >= 4 is 11.9 Å². The maximum atomic E-state index is 12.5. The van der Waals surface area contributed by atoms with Crippen LogP contribution < -0.4 is 5.32 Å². The summed E-state index contributed by atoms with van der Waals surface area (Å²) in [7, 11) is 0. The van der Waals surface area contributed by atoms with Gasteiger partial charge >= 0.3 is 5.97 Å². The monoisotopic (exact) mass is 1020 g/mol. The molecule has 0 rings (SSSR count). The molecule has 0 aliphatic carbocycles. The van der Waals surface area contributed by atoms with Gasteiger partial charge < -0.3 is 20.3 Å². The number of carbonyl (C=O) groups excluding carboxylic acids is 2. The second-order valence-corrected chi connectivity index (χ2v) is 22.1. The molecule has 0 aliphatic rings. The van der Waals surface area contributed by atoms with Crippen LogP contribution in [0, 0.1) is 0 Å².